The largest absolute Gasteiger partial charge is 0.396 e. The summed E-state index contributed by atoms with van der Waals surface area (Å²) in [5.74, 6) is -21.4. The van der Waals surface area contributed by atoms with E-state index in [1.165, 1.54) is 57.4 Å². The molecule has 6 aromatic rings. The number of unbranched alkanes of at least 4 members (excludes halogenated alkanes) is 2. The fourth-order valence-corrected chi connectivity index (χ4v) is 17.8. The molecule has 0 radical (unpaired) electrons. The second-order valence-electron chi connectivity index (χ2n) is 35.0. The molecule has 133 heavy (non-hydrogen) atoms. The number of nitrogens with zero attached hydrogens (tertiary/aromatic N) is 6. The van der Waals surface area contributed by atoms with Gasteiger partial charge in [-0.1, -0.05) is 120 Å². The molecule has 0 spiro atoms. The van der Waals surface area contributed by atoms with Crippen LogP contribution in [-0.4, -0.2) is 288 Å². The number of ketones is 4. The molecule has 38 nitrogen and oxygen atoms in total. The molecule has 8 rings (SSSR count). The van der Waals surface area contributed by atoms with Crippen molar-refractivity contribution in [2.45, 2.75) is 217 Å². The number of benzene rings is 3. The van der Waals surface area contributed by atoms with Crippen molar-refractivity contribution in [3.05, 3.63) is 126 Å². The second kappa shape index (κ2) is 51.3. The molecule has 0 aliphatic carbocycles. The SMILES string of the molecule is CCCC[C@H]1C(=O)N(C)[C@@H](CCCC)C(=O)C[C@@H](CCCNC(=N)N)C(=O)N[C@H](C(=O)NCC(N)=O)CSCC(=O)N[C@@H](Cc2ccccc2)C(=O)N(C)[C@@H](C)C(=O)N[C@@H](CC(N)=O)C(=O)N2C[C@H](F)C[C@H]2C(=O)C[C@@H](Cc2cnc[nH]2)C(=O)C[C@@H](CC(C)C)C(=O)N(C)CC(=O)N[C@@H](Cc2c[nH]c3ccccc23)C(=O)C[C@@H](CO)C(=O)N[C@@H](Cc2c[nH]c3ccccc23)C(=O)N1C. The Morgan fingerprint density at radius 1 is 0.571 bits per heavy atom. The third-order valence-electron chi connectivity index (χ3n) is 24.4. The summed E-state index contributed by atoms with van der Waals surface area (Å²) in [4.78, 5) is 268. The maximum Gasteiger partial charge on any atom is 0.246 e. The molecule has 40 heteroatoms. The number of alkyl halides is 1. The lowest BCUT2D eigenvalue weighted by atomic mass is 9.83. The highest BCUT2D eigenvalue weighted by Crippen LogP contribution is 2.31. The fourth-order valence-electron chi connectivity index (χ4n) is 16.9. The van der Waals surface area contributed by atoms with Crippen LogP contribution in [0, 0.1) is 35.0 Å². The molecule has 2 aliphatic rings. The Morgan fingerprint density at radius 3 is 1.74 bits per heavy atom. The average molecular weight is 1870 g/mol. The van der Waals surface area contributed by atoms with Crippen molar-refractivity contribution < 1.29 is 91.0 Å². The van der Waals surface area contributed by atoms with E-state index in [9.17, 15) is 53.1 Å². The predicted octanol–water partition coefficient (Wildman–Crippen LogP) is 2.17. The van der Waals surface area contributed by atoms with Crippen molar-refractivity contribution in [2.75, 3.05) is 72.5 Å². The van der Waals surface area contributed by atoms with Gasteiger partial charge in [0.15, 0.2) is 23.3 Å². The molecule has 14 atom stereocenters. The topological polar surface area (TPSA) is 573 Å². The molecule has 2 aliphatic heterocycles. The molecule has 3 aromatic heterocycles. The van der Waals surface area contributed by atoms with Gasteiger partial charge in [0, 0.05) is 156 Å². The molecule has 722 valence electrons. The zero-order valence-corrected chi connectivity index (χ0v) is 77.8. The van der Waals surface area contributed by atoms with Gasteiger partial charge in [0.25, 0.3) is 0 Å². The van der Waals surface area contributed by atoms with Gasteiger partial charge in [0.05, 0.1) is 68.8 Å². The van der Waals surface area contributed by atoms with E-state index >= 15 is 38.0 Å². The van der Waals surface area contributed by atoms with Crippen molar-refractivity contribution >= 4 is 139 Å². The van der Waals surface area contributed by atoms with Crippen molar-refractivity contribution in [3.8, 4) is 0 Å². The number of hydrogen-bond donors (Lipinski definition) is 15. The van der Waals surface area contributed by atoms with Crippen LogP contribution in [0.25, 0.3) is 21.8 Å². The molecule has 18 N–H and O–H groups in total. The first kappa shape index (κ1) is 106. The highest BCUT2D eigenvalue weighted by Gasteiger charge is 2.46. The summed E-state index contributed by atoms with van der Waals surface area (Å²) in [6, 6.07) is 9.12. The maximum absolute atomic E-state index is 16.0. The molecule has 5 heterocycles. The van der Waals surface area contributed by atoms with Gasteiger partial charge in [-0.15, -0.1) is 11.8 Å². The molecule has 0 saturated carbocycles. The predicted molar refractivity (Wildman–Crippen MR) is 495 cm³/mol. The number of aromatic amines is 3. The van der Waals surface area contributed by atoms with Crippen LogP contribution in [-0.2, 0) is 107 Å². The Labute approximate surface area is 776 Å². The first-order chi connectivity index (χ1) is 63.3. The number of halogens is 1. The summed E-state index contributed by atoms with van der Waals surface area (Å²) >= 11 is 0.802. The smallest absolute Gasteiger partial charge is 0.246 e. The zero-order valence-electron chi connectivity index (χ0n) is 76.9. The van der Waals surface area contributed by atoms with Crippen molar-refractivity contribution in [2.24, 2.45) is 46.8 Å². The number of aliphatic hydroxyl groups is 1. The highest BCUT2D eigenvalue weighted by molar-refractivity contribution is 8.00. The van der Waals surface area contributed by atoms with Gasteiger partial charge >= 0.3 is 0 Å². The van der Waals surface area contributed by atoms with Crippen molar-refractivity contribution in [1.82, 2.24) is 81.7 Å². The van der Waals surface area contributed by atoms with Gasteiger partial charge in [0.1, 0.15) is 48.2 Å². The normalized spacial score (nSPS) is 24.2. The number of nitrogens with two attached hydrogens (primary N) is 3. The number of amides is 13. The van der Waals surface area contributed by atoms with E-state index in [0.717, 1.165) is 26.5 Å². The van der Waals surface area contributed by atoms with E-state index in [1.54, 1.807) is 105 Å². The standard InChI is InChI=1S/C93H129FN20O18S/c1-10-12-29-73-78(118)37-56(24-21-31-100-93(97)98)85(125)109-72(87(127)103-46-81(96)121)50-133-51-83(123)106-69(33-55-22-15-14-16-23-55)89(129)111(7)54(5)84(124)107-71(42-80(95)120)91(131)114-47-62(94)41-75(114)79(119)38-57(34-63-45-99-52-104-63)76(116)39-58(32-53(3)4)88(128)110(6)48-82(122)105-68(35-59-43-101-66-27-19-17-25-64(59)66)77(117)40-61(49-115)86(126)108-70(36-60-44-102-67-28-20-18-26-65(60)67)90(130)113(9)74(30-13-11-2)92(132)112(73)8/h14-20,22-23,25-28,43-45,52-54,56-58,61-62,68-75,101-102,115H,10-13,21,24,29-42,46-51H2,1-9H3,(H2,95,120)(H2,96,121)(H,99,104)(H,103,127)(H,105,122)(H,106,123)(H,107,124)(H,108,126)(H,109,125)(H4,97,98,100)/t54-,56+,57+,58+,61-,62+,68-,69-,70-,71-,72-,73-,74-,75-/m0/s1. The third-order valence-corrected chi connectivity index (χ3v) is 25.4. The number of aromatic nitrogens is 4. The number of thioether (sulfide) groups is 1. The van der Waals surface area contributed by atoms with Gasteiger partial charge in [-0.05, 0) is 80.2 Å². The molecule has 0 bridgehead atoms. The monoisotopic (exact) mass is 1860 g/mol. The summed E-state index contributed by atoms with van der Waals surface area (Å²) in [7, 11) is 5.33. The molecule has 13 amide bonds. The Hall–Kier alpha value is -12.8. The summed E-state index contributed by atoms with van der Waals surface area (Å²) in [5, 5.41) is 38.9. The lowest BCUT2D eigenvalue weighted by Crippen LogP contribution is -2.58. The molecular formula is C93H129FN20O18S. The summed E-state index contributed by atoms with van der Waals surface area (Å²) in [6.07, 6.45) is 1.53. The minimum Gasteiger partial charge on any atom is -0.396 e. The van der Waals surface area contributed by atoms with Gasteiger partial charge in [-0.3, -0.25) is 86.9 Å². The van der Waals surface area contributed by atoms with Crippen LogP contribution < -0.4 is 54.4 Å². The van der Waals surface area contributed by atoms with Gasteiger partial charge in [-0.2, -0.15) is 0 Å². The Balaban J connectivity index is 1.19. The van der Waals surface area contributed by atoms with E-state index in [1.807, 2.05) is 13.8 Å². The number of carbonyl (C=O) groups excluding carboxylic acids is 17. The number of hydrogen-bond acceptors (Lipinski definition) is 21. The quantitative estimate of drug-likeness (QED) is 0.0210. The zero-order chi connectivity index (χ0) is 97.4. The molecular weight excluding hydrogens is 1740 g/mol. The van der Waals surface area contributed by atoms with E-state index in [0.29, 0.717) is 69.9 Å². The number of Topliss-reactive ketones (excluding diaryl/α,β-unsaturated/α-hetero) is 4. The second-order valence-corrected chi connectivity index (χ2v) is 36.1. The molecule has 0 unspecified atom stereocenters. The number of nitrogens with one attached hydrogen (secondary N) is 11. The molecule has 3 aromatic carbocycles. The summed E-state index contributed by atoms with van der Waals surface area (Å²) < 4.78 is 16.0. The van der Waals surface area contributed by atoms with Crippen molar-refractivity contribution in [3.63, 3.8) is 0 Å². The fraction of sp³-hybridized carbons (Fsp3) is 0.538. The molecule has 2 fully saturated rings. The van der Waals surface area contributed by atoms with E-state index in [-0.39, 0.29) is 70.3 Å². The first-order valence-electron chi connectivity index (χ1n) is 45.1. The highest BCUT2D eigenvalue weighted by atomic mass is 32.2. The average Bonchev–Trinajstić information content (AvgIpc) is 1.43. The number of fused-ring (bicyclic) bond motifs is 3. The first-order valence-corrected chi connectivity index (χ1v) is 46.3. The van der Waals surface area contributed by atoms with Crippen LogP contribution >= 0.6 is 11.8 Å². The Morgan fingerprint density at radius 2 is 1.14 bits per heavy atom. The Kier molecular flexibility index (Phi) is 40.8. The lowest BCUT2D eigenvalue weighted by Gasteiger charge is -2.36. The number of guanidine groups is 1. The van der Waals surface area contributed by atoms with Crippen molar-refractivity contribution in [1.29, 1.82) is 5.41 Å². The number of H-pyrrole nitrogens is 3. The molecule has 2 saturated heterocycles. The number of para-hydroxylation sites is 2. The number of rotatable bonds is 26. The Bertz CT molecular complexity index is 5090. The van der Waals surface area contributed by atoms with E-state index in [4.69, 9.17) is 22.6 Å². The van der Waals surface area contributed by atoms with E-state index < -0.39 is 266 Å². The van der Waals surface area contributed by atoms with Gasteiger partial charge in [-0.25, -0.2) is 9.37 Å². The van der Waals surface area contributed by atoms with Crippen LogP contribution in [0.15, 0.2) is 104 Å². The minimum absolute atomic E-state index is 0.0355. The van der Waals surface area contributed by atoms with Crippen LogP contribution in [0.3, 0.4) is 0 Å². The number of primary amides is 2. The lowest BCUT2D eigenvalue weighted by molar-refractivity contribution is -0.149. The van der Waals surface area contributed by atoms with Crippen LogP contribution in [0.4, 0.5) is 4.39 Å². The van der Waals surface area contributed by atoms with Gasteiger partial charge in [0.2, 0.25) is 76.8 Å². The summed E-state index contributed by atoms with van der Waals surface area (Å²) in [5.41, 5.74) is 20.2. The maximum atomic E-state index is 16.0. The van der Waals surface area contributed by atoms with Crippen LogP contribution in [0.1, 0.15) is 153 Å². The summed E-state index contributed by atoms with van der Waals surface area (Å²) in [6.45, 7) is 5.57. The number of likely N-dealkylation sites (N-methyl/N-ethyl adjacent to an activating group) is 4. The van der Waals surface area contributed by atoms with E-state index in [2.05, 4.69) is 57.2 Å². The number of aliphatic hydroxyl groups excluding tert-OH is 1. The van der Waals surface area contributed by atoms with Crippen LogP contribution in [0.2, 0.25) is 0 Å². The minimum atomic E-state index is -1.87. The van der Waals surface area contributed by atoms with Crippen LogP contribution in [0.5, 0.6) is 0 Å². The third kappa shape index (κ3) is 30.9. The van der Waals surface area contributed by atoms with Gasteiger partial charge < -0.3 is 99.0 Å². The number of carbonyl (C=O) groups is 17. The number of imidazole rings is 1.